The number of thioether (sulfide) groups is 2. The molecule has 0 saturated carbocycles. The van der Waals surface area contributed by atoms with Crippen LogP contribution in [-0.2, 0) is 51.1 Å². The third-order valence-electron chi connectivity index (χ3n) is 11.9. The first-order chi connectivity index (χ1) is 28.5. The molecule has 2 aromatic carbocycles. The lowest BCUT2D eigenvalue weighted by molar-refractivity contribution is -0.156. The van der Waals surface area contributed by atoms with E-state index in [0.29, 0.717) is 49.4 Å². The van der Waals surface area contributed by atoms with E-state index in [1.165, 1.54) is 14.2 Å². The van der Waals surface area contributed by atoms with Crippen LogP contribution in [0.15, 0.2) is 48.5 Å². The Labute approximate surface area is 354 Å². The first-order valence-corrected chi connectivity index (χ1v) is 22.7. The molecule has 0 radical (unpaired) electrons. The smallest absolute Gasteiger partial charge is 0.328 e. The van der Waals surface area contributed by atoms with Gasteiger partial charge in [-0.15, -0.1) is 23.5 Å². The van der Waals surface area contributed by atoms with Crippen LogP contribution in [0.1, 0.15) is 75.3 Å². The number of hydrogen-bond donors (Lipinski definition) is 3. The molecule has 2 aromatic rings. The zero-order valence-corrected chi connectivity index (χ0v) is 35.6. The Kier molecular flexibility index (Phi) is 15.5. The highest BCUT2D eigenvalue weighted by molar-refractivity contribution is 8.00. The second-order valence-electron chi connectivity index (χ2n) is 15.7. The van der Waals surface area contributed by atoms with Crippen molar-refractivity contribution in [2.24, 2.45) is 11.8 Å². The van der Waals surface area contributed by atoms with Gasteiger partial charge in [-0.1, -0.05) is 24.3 Å². The Morgan fingerprint density at radius 1 is 0.661 bits per heavy atom. The molecule has 0 aromatic heterocycles. The van der Waals surface area contributed by atoms with Crippen LogP contribution in [0.4, 0.5) is 0 Å². The van der Waals surface area contributed by atoms with Crippen molar-refractivity contribution in [2.45, 2.75) is 112 Å². The van der Waals surface area contributed by atoms with Gasteiger partial charge in [0.1, 0.15) is 35.7 Å². The second-order valence-corrected chi connectivity index (χ2v) is 18.2. The Morgan fingerprint density at radius 3 is 1.49 bits per heavy atom. The van der Waals surface area contributed by atoms with Crippen molar-refractivity contribution in [3.8, 4) is 11.5 Å². The number of methoxy groups -OCH3 is 3. The van der Waals surface area contributed by atoms with E-state index in [4.69, 9.17) is 14.2 Å². The number of phenols is 1. The molecule has 0 bridgehead atoms. The van der Waals surface area contributed by atoms with Gasteiger partial charge in [0.05, 0.1) is 32.1 Å². The average Bonchev–Trinajstić information content (AvgIpc) is 3.51. The van der Waals surface area contributed by atoms with Crippen molar-refractivity contribution in [1.82, 2.24) is 20.4 Å². The largest absolute Gasteiger partial charge is 0.508 e. The molecule has 4 amide bonds. The molecule has 8 atom stereocenters. The summed E-state index contributed by atoms with van der Waals surface area (Å²) in [6.45, 7) is 0. The van der Waals surface area contributed by atoms with Crippen LogP contribution < -0.4 is 15.4 Å². The number of rotatable bonds is 14. The second kappa shape index (κ2) is 20.7. The van der Waals surface area contributed by atoms with E-state index >= 15 is 0 Å². The van der Waals surface area contributed by atoms with Crippen molar-refractivity contribution in [1.29, 1.82) is 0 Å². The number of amides is 4. The molecule has 59 heavy (non-hydrogen) atoms. The van der Waals surface area contributed by atoms with E-state index in [-0.39, 0.29) is 59.4 Å². The number of ether oxygens (including phenoxy) is 3. The fourth-order valence-corrected chi connectivity index (χ4v) is 11.5. The van der Waals surface area contributed by atoms with Crippen LogP contribution in [0.5, 0.6) is 11.5 Å². The Bertz CT molecular complexity index is 1810. The van der Waals surface area contributed by atoms with Crippen molar-refractivity contribution in [3.63, 3.8) is 0 Å². The van der Waals surface area contributed by atoms with E-state index in [0.717, 1.165) is 36.8 Å². The van der Waals surface area contributed by atoms with Gasteiger partial charge in [-0.25, -0.2) is 9.59 Å². The lowest BCUT2D eigenvalue weighted by Gasteiger charge is -2.40. The number of aromatic hydroxyl groups is 1. The van der Waals surface area contributed by atoms with Gasteiger partial charge < -0.3 is 39.8 Å². The summed E-state index contributed by atoms with van der Waals surface area (Å²) >= 11 is 3.23. The Morgan fingerprint density at radius 2 is 1.08 bits per heavy atom. The molecule has 0 spiro atoms. The minimum atomic E-state index is -0.850. The average molecular weight is 853 g/mol. The van der Waals surface area contributed by atoms with E-state index in [1.54, 1.807) is 64.7 Å². The zero-order valence-electron chi connectivity index (χ0n) is 34.0. The van der Waals surface area contributed by atoms with E-state index in [1.807, 2.05) is 24.3 Å². The topological polar surface area (TPSA) is 181 Å². The van der Waals surface area contributed by atoms with Gasteiger partial charge in [0, 0.05) is 11.8 Å². The van der Waals surface area contributed by atoms with Crippen LogP contribution in [0.25, 0.3) is 0 Å². The summed E-state index contributed by atoms with van der Waals surface area (Å²) in [7, 11) is 4.21. The molecular formula is C43H56N4O10S2. The highest BCUT2D eigenvalue weighted by Gasteiger charge is 2.45. The lowest BCUT2D eigenvalue weighted by Crippen LogP contribution is -2.58. The Hall–Kier alpha value is -4.44. The van der Waals surface area contributed by atoms with Gasteiger partial charge >= 0.3 is 11.9 Å². The lowest BCUT2D eigenvalue weighted by atomic mass is 9.86. The summed E-state index contributed by atoms with van der Waals surface area (Å²) in [6, 6.07) is 10.9. The number of piperidine rings is 2. The van der Waals surface area contributed by atoms with Crippen molar-refractivity contribution >= 4 is 59.1 Å². The normalized spacial score (nSPS) is 25.5. The number of esters is 2. The third kappa shape index (κ3) is 10.8. The van der Waals surface area contributed by atoms with E-state index < -0.39 is 47.9 Å². The Balaban J connectivity index is 1.23. The summed E-state index contributed by atoms with van der Waals surface area (Å²) in [5.74, 6) is -1.54. The molecule has 3 N–H and O–H groups in total. The van der Waals surface area contributed by atoms with Gasteiger partial charge in [-0.3, -0.25) is 19.2 Å². The standard InChI is InChI=1S/C43H56N4O10S2/c1-55-31-18-12-27(13-19-31)25-29(39(50)45-33-21-23-59-37-9-5-7-35(43(54)57-3)47(37)41(33)52)15-14-28(24-26-10-16-30(48)17-11-26)38(49)44-32-20-22-58-36-8-4-6-34(42(53)56-2)46(36)40(32)51/h10-13,16-19,28-29,32-37,48H,4-9,14-15,20-25H2,1-3H3,(H,44,49)(H,45,50)/t28-,29-,32+,33+,34+,35+,36+,37+/m1/s1. The maximum absolute atomic E-state index is 14.4. The van der Waals surface area contributed by atoms with Crippen molar-refractivity contribution in [3.05, 3.63) is 59.7 Å². The highest BCUT2D eigenvalue weighted by Crippen LogP contribution is 2.36. The molecule has 320 valence electrons. The predicted octanol–water partition coefficient (Wildman–Crippen LogP) is 4.20. The maximum atomic E-state index is 14.4. The summed E-state index contributed by atoms with van der Waals surface area (Å²) in [6.07, 6.45) is 6.01. The number of hydrogen-bond acceptors (Lipinski definition) is 12. The summed E-state index contributed by atoms with van der Waals surface area (Å²) < 4.78 is 15.5. The highest BCUT2D eigenvalue weighted by atomic mass is 32.2. The maximum Gasteiger partial charge on any atom is 0.328 e. The van der Waals surface area contributed by atoms with Crippen molar-refractivity contribution < 1.29 is 48.1 Å². The first kappa shape index (κ1) is 44.1. The number of fused-ring (bicyclic) bond motifs is 2. The van der Waals surface area contributed by atoms with Crippen LogP contribution in [0.2, 0.25) is 0 Å². The van der Waals surface area contributed by atoms with Gasteiger partial charge in [0.15, 0.2) is 0 Å². The van der Waals surface area contributed by atoms with E-state index in [9.17, 15) is 33.9 Å². The summed E-state index contributed by atoms with van der Waals surface area (Å²) in [5.41, 5.74) is 1.66. The van der Waals surface area contributed by atoms with Gasteiger partial charge in [-0.05, 0) is 124 Å². The minimum absolute atomic E-state index is 0.0871. The molecule has 0 unspecified atom stereocenters. The zero-order chi connectivity index (χ0) is 42.1. The molecule has 4 fully saturated rings. The number of nitrogens with one attached hydrogen (secondary N) is 2. The fraction of sp³-hybridized carbons (Fsp3) is 0.581. The molecule has 4 aliphatic heterocycles. The van der Waals surface area contributed by atoms with E-state index in [2.05, 4.69) is 10.6 Å². The molecule has 4 saturated heterocycles. The quantitative estimate of drug-likeness (QED) is 0.231. The fourth-order valence-electron chi connectivity index (χ4n) is 8.70. The minimum Gasteiger partial charge on any atom is -0.508 e. The van der Waals surface area contributed by atoms with Gasteiger partial charge in [0.25, 0.3) is 0 Å². The van der Waals surface area contributed by atoms with Crippen LogP contribution in [-0.4, -0.2) is 118 Å². The first-order valence-electron chi connectivity index (χ1n) is 20.6. The molecular weight excluding hydrogens is 797 g/mol. The van der Waals surface area contributed by atoms with Crippen LogP contribution in [0, 0.1) is 11.8 Å². The number of phenolic OH excluding ortho intramolecular Hbond substituents is 1. The van der Waals surface area contributed by atoms with Gasteiger partial charge in [0.2, 0.25) is 23.6 Å². The third-order valence-corrected chi connectivity index (χ3v) is 14.6. The molecule has 0 aliphatic carbocycles. The summed E-state index contributed by atoms with van der Waals surface area (Å²) in [4.78, 5) is 85.8. The molecule has 16 heteroatoms. The number of nitrogens with zero attached hydrogens (tertiary/aromatic N) is 2. The molecule has 4 heterocycles. The predicted molar refractivity (Wildman–Crippen MR) is 223 cm³/mol. The SMILES string of the molecule is COC(=O)[C@@H]1CCC[C@@H]2SCC[C@H](NC(=O)[C@H](CC[C@H](Cc3ccc(OC)cc3)C(=O)N[C@H]3CCS[C@H]4CCC[C@@H](C(=O)OC)N4C3=O)Cc3ccc(O)cc3)C(=O)N21. The monoisotopic (exact) mass is 852 g/mol. The van der Waals surface area contributed by atoms with Crippen molar-refractivity contribution in [2.75, 3.05) is 32.8 Å². The number of carbonyl (C=O) groups is 6. The molecule has 4 aliphatic rings. The number of carbonyl (C=O) groups excluding carboxylic acids is 6. The summed E-state index contributed by atoms with van der Waals surface area (Å²) in [5, 5.41) is 15.7. The van der Waals surface area contributed by atoms with Crippen LogP contribution in [0.3, 0.4) is 0 Å². The molecule has 6 rings (SSSR count). The number of benzene rings is 2. The van der Waals surface area contributed by atoms with Gasteiger partial charge in [-0.2, -0.15) is 0 Å². The van der Waals surface area contributed by atoms with Crippen LogP contribution >= 0.6 is 23.5 Å². The molecule has 14 nitrogen and oxygen atoms in total.